The fourth-order valence-electron chi connectivity index (χ4n) is 5.98. The van der Waals surface area contributed by atoms with E-state index in [1.54, 1.807) is 42.7 Å². The van der Waals surface area contributed by atoms with E-state index in [9.17, 15) is 19.2 Å². The van der Waals surface area contributed by atoms with Crippen LogP contribution in [0.3, 0.4) is 0 Å². The highest BCUT2D eigenvalue weighted by atomic mass is 16.5. The molecule has 0 aromatic heterocycles. The first-order valence-corrected chi connectivity index (χ1v) is 14.6. The van der Waals surface area contributed by atoms with Gasteiger partial charge in [-0.25, -0.2) is 4.79 Å². The molecule has 0 radical (unpaired) electrons. The molecule has 2 aliphatic heterocycles. The number of fused-ring (bicyclic) bond motifs is 1. The molecule has 41 heavy (non-hydrogen) atoms. The molecule has 1 N–H and O–H groups in total. The van der Waals surface area contributed by atoms with Gasteiger partial charge < -0.3 is 19.3 Å². The highest BCUT2D eigenvalue weighted by molar-refractivity contribution is 5.94. The third-order valence-corrected chi connectivity index (χ3v) is 8.02. The van der Waals surface area contributed by atoms with Gasteiger partial charge >= 0.3 is 11.9 Å². The Kier molecular flexibility index (Phi) is 10.5. The molecule has 2 aliphatic rings. The first kappa shape index (κ1) is 30.2. The van der Waals surface area contributed by atoms with Gasteiger partial charge in [0.2, 0.25) is 5.91 Å². The second-order valence-corrected chi connectivity index (χ2v) is 10.7. The fraction of sp³-hybridized carbons (Fsp3) is 0.500. The Morgan fingerprint density at radius 3 is 2.27 bits per heavy atom. The molecule has 2 aromatic carbocycles. The van der Waals surface area contributed by atoms with Crippen LogP contribution in [0.1, 0.15) is 56.0 Å². The number of benzene rings is 2. The Morgan fingerprint density at radius 1 is 0.951 bits per heavy atom. The molecule has 220 valence electrons. The van der Waals surface area contributed by atoms with Crippen molar-refractivity contribution in [2.45, 2.75) is 70.6 Å². The Labute approximate surface area is 242 Å². The molecule has 0 spiro atoms. The zero-order valence-corrected chi connectivity index (χ0v) is 24.2. The summed E-state index contributed by atoms with van der Waals surface area (Å²) in [5.41, 5.74) is 1.67. The van der Waals surface area contributed by atoms with Crippen LogP contribution in [0.5, 0.6) is 0 Å². The summed E-state index contributed by atoms with van der Waals surface area (Å²) in [5.74, 6) is -1.17. The second-order valence-electron chi connectivity index (χ2n) is 10.7. The van der Waals surface area contributed by atoms with E-state index < -0.39 is 30.1 Å². The maximum absolute atomic E-state index is 14.1. The highest BCUT2D eigenvalue weighted by Gasteiger charge is 2.51. The Balaban J connectivity index is 1.52. The van der Waals surface area contributed by atoms with Crippen LogP contribution in [0.15, 0.2) is 60.7 Å². The van der Waals surface area contributed by atoms with Crippen LogP contribution in [0, 0.1) is 5.92 Å². The molecule has 0 aliphatic carbocycles. The van der Waals surface area contributed by atoms with Crippen molar-refractivity contribution in [3.8, 4) is 0 Å². The van der Waals surface area contributed by atoms with Crippen LogP contribution in [-0.2, 0) is 30.3 Å². The lowest BCUT2D eigenvalue weighted by molar-refractivity contribution is -0.155. The fourth-order valence-corrected chi connectivity index (χ4v) is 5.98. The first-order valence-electron chi connectivity index (χ1n) is 14.6. The van der Waals surface area contributed by atoms with E-state index in [1.807, 2.05) is 48.5 Å². The molecular weight excluding hydrogens is 522 g/mol. The van der Waals surface area contributed by atoms with Crippen LogP contribution in [-0.4, -0.2) is 84.0 Å². The van der Waals surface area contributed by atoms with Gasteiger partial charge in [-0.3, -0.25) is 19.7 Å². The average Bonchev–Trinajstić information content (AvgIpc) is 3.38. The van der Waals surface area contributed by atoms with Gasteiger partial charge in [0, 0.05) is 18.7 Å². The van der Waals surface area contributed by atoms with Crippen molar-refractivity contribution in [2.75, 3.05) is 26.3 Å². The number of carbonyl (C=O) groups excluding carboxylic acids is 4. The standard InChI is InChI=1S/C32H41N3O6/c1-4-40-31(38)26(17-16-23-12-8-6-9-13-23)33-22(3)29(36)35-27(32(39)41-5-2)20-25-18-19-34(21-28(25)35)30(37)24-14-10-7-11-15-24/h6-15,22,25-28,33H,4-5,16-21H2,1-3H3/t22-,25-,26-,27+,28+/m1/s1. The summed E-state index contributed by atoms with van der Waals surface area (Å²) in [7, 11) is 0. The summed E-state index contributed by atoms with van der Waals surface area (Å²) in [5, 5.41) is 3.20. The van der Waals surface area contributed by atoms with E-state index in [0.29, 0.717) is 44.3 Å². The number of hydrogen-bond acceptors (Lipinski definition) is 7. The summed E-state index contributed by atoms with van der Waals surface area (Å²) in [6.45, 7) is 6.54. The lowest BCUT2D eigenvalue weighted by atomic mass is 9.91. The van der Waals surface area contributed by atoms with Crippen LogP contribution >= 0.6 is 0 Å². The predicted molar refractivity (Wildman–Crippen MR) is 154 cm³/mol. The molecule has 9 nitrogen and oxygen atoms in total. The van der Waals surface area contributed by atoms with Crippen molar-refractivity contribution in [2.24, 2.45) is 5.92 Å². The molecule has 0 saturated carbocycles. The number of amides is 2. The summed E-state index contributed by atoms with van der Waals surface area (Å²) in [6, 6.07) is 16.4. The van der Waals surface area contributed by atoms with E-state index in [1.165, 1.54) is 0 Å². The molecule has 2 heterocycles. The number of carbonyl (C=O) groups is 4. The van der Waals surface area contributed by atoms with Gasteiger partial charge in [-0.1, -0.05) is 48.5 Å². The number of likely N-dealkylation sites (tertiary alicyclic amines) is 2. The maximum Gasteiger partial charge on any atom is 0.328 e. The Bertz CT molecular complexity index is 1190. The third kappa shape index (κ3) is 7.33. The van der Waals surface area contributed by atoms with Crippen LogP contribution in [0.4, 0.5) is 0 Å². The molecule has 0 unspecified atom stereocenters. The minimum Gasteiger partial charge on any atom is -0.465 e. The minimum atomic E-state index is -0.768. The largest absolute Gasteiger partial charge is 0.465 e. The lowest BCUT2D eigenvalue weighted by Crippen LogP contribution is -2.59. The molecule has 2 amide bonds. The van der Waals surface area contributed by atoms with Gasteiger partial charge in [-0.2, -0.15) is 0 Å². The topological polar surface area (TPSA) is 105 Å². The van der Waals surface area contributed by atoms with Crippen LogP contribution < -0.4 is 5.32 Å². The van der Waals surface area contributed by atoms with Gasteiger partial charge in [-0.15, -0.1) is 0 Å². The molecule has 2 saturated heterocycles. The zero-order valence-electron chi connectivity index (χ0n) is 24.2. The third-order valence-electron chi connectivity index (χ3n) is 8.02. The average molecular weight is 564 g/mol. The molecule has 0 bridgehead atoms. The Morgan fingerprint density at radius 2 is 1.61 bits per heavy atom. The van der Waals surface area contributed by atoms with E-state index in [-0.39, 0.29) is 37.0 Å². The lowest BCUT2D eigenvalue weighted by Gasteiger charge is -2.40. The summed E-state index contributed by atoms with van der Waals surface area (Å²) in [6.07, 6.45) is 2.26. The van der Waals surface area contributed by atoms with Crippen molar-refractivity contribution in [3.63, 3.8) is 0 Å². The van der Waals surface area contributed by atoms with Crippen LogP contribution in [0.25, 0.3) is 0 Å². The summed E-state index contributed by atoms with van der Waals surface area (Å²) >= 11 is 0. The van der Waals surface area contributed by atoms with Crippen molar-refractivity contribution >= 4 is 23.8 Å². The number of esters is 2. The SMILES string of the molecule is CCOC(=O)[C@@H](CCc1ccccc1)N[C@H](C)C(=O)N1[C@H](C(=O)OCC)C[C@H]2CCN(C(=O)c3ccccc3)C[C@@H]21. The van der Waals surface area contributed by atoms with Crippen molar-refractivity contribution in [3.05, 3.63) is 71.8 Å². The number of rotatable bonds is 11. The van der Waals surface area contributed by atoms with Gasteiger partial charge in [0.25, 0.3) is 5.91 Å². The quantitative estimate of drug-likeness (QED) is 0.419. The summed E-state index contributed by atoms with van der Waals surface area (Å²) in [4.78, 5) is 56.6. The first-order chi connectivity index (χ1) is 19.8. The normalized spacial score (nSPS) is 21.5. The molecule has 9 heteroatoms. The molecule has 2 aromatic rings. The number of piperidine rings is 1. The van der Waals surface area contributed by atoms with E-state index >= 15 is 0 Å². The molecule has 4 rings (SSSR count). The molecule has 5 atom stereocenters. The van der Waals surface area contributed by atoms with Gasteiger partial charge in [0.15, 0.2) is 0 Å². The van der Waals surface area contributed by atoms with Gasteiger partial charge in [0.1, 0.15) is 12.1 Å². The summed E-state index contributed by atoms with van der Waals surface area (Å²) < 4.78 is 10.7. The monoisotopic (exact) mass is 563 g/mol. The maximum atomic E-state index is 14.1. The molecular formula is C32H41N3O6. The number of aryl methyl sites for hydroxylation is 1. The van der Waals surface area contributed by atoms with Crippen LogP contribution in [0.2, 0.25) is 0 Å². The second kappa shape index (κ2) is 14.3. The minimum absolute atomic E-state index is 0.0688. The number of ether oxygens (including phenoxy) is 2. The van der Waals surface area contributed by atoms with E-state index in [0.717, 1.165) is 5.56 Å². The number of hydrogen-bond donors (Lipinski definition) is 1. The zero-order chi connectivity index (χ0) is 29.4. The van der Waals surface area contributed by atoms with E-state index in [2.05, 4.69) is 5.32 Å². The van der Waals surface area contributed by atoms with E-state index in [4.69, 9.17) is 9.47 Å². The molecule has 2 fully saturated rings. The van der Waals surface area contributed by atoms with Crippen molar-refractivity contribution in [1.82, 2.24) is 15.1 Å². The smallest absolute Gasteiger partial charge is 0.328 e. The highest BCUT2D eigenvalue weighted by Crippen LogP contribution is 2.37. The van der Waals surface area contributed by atoms with Crippen molar-refractivity contribution < 1.29 is 28.7 Å². The Hall–Kier alpha value is -3.72. The van der Waals surface area contributed by atoms with Gasteiger partial charge in [-0.05, 0) is 70.1 Å². The number of nitrogens with one attached hydrogen (secondary N) is 1. The van der Waals surface area contributed by atoms with Crippen molar-refractivity contribution in [1.29, 1.82) is 0 Å². The van der Waals surface area contributed by atoms with Gasteiger partial charge in [0.05, 0.1) is 25.3 Å². The number of nitrogens with zero attached hydrogens (tertiary/aromatic N) is 2. The predicted octanol–water partition coefficient (Wildman–Crippen LogP) is 3.22.